The number of nitrogens with zero attached hydrogens (tertiary/aromatic N) is 3. The lowest BCUT2D eigenvalue weighted by atomic mass is 10.3. The van der Waals surface area contributed by atoms with E-state index in [4.69, 9.17) is 0 Å². The van der Waals surface area contributed by atoms with E-state index in [0.717, 1.165) is 36.1 Å². The Balaban J connectivity index is 0.00000256. The zero-order valence-corrected chi connectivity index (χ0v) is 11.9. The molecule has 1 aromatic heterocycles. The Kier molecular flexibility index (Phi) is 9.49. The lowest BCUT2D eigenvalue weighted by Gasteiger charge is -2.02. The number of halogens is 2. The van der Waals surface area contributed by atoms with Gasteiger partial charge >= 0.3 is 0 Å². The molecule has 4 nitrogen and oxygen atoms in total. The van der Waals surface area contributed by atoms with Crippen LogP contribution in [0.3, 0.4) is 0 Å². The molecule has 0 unspecified atom stereocenters. The van der Waals surface area contributed by atoms with Crippen molar-refractivity contribution in [3.8, 4) is 0 Å². The van der Waals surface area contributed by atoms with Gasteiger partial charge in [-0.3, -0.25) is 4.39 Å². The molecule has 100 valence electrons. The van der Waals surface area contributed by atoms with Crippen LogP contribution in [0.1, 0.15) is 25.1 Å². The van der Waals surface area contributed by atoms with Crippen LogP contribution in [0.2, 0.25) is 0 Å². The van der Waals surface area contributed by atoms with Gasteiger partial charge in [-0.15, -0.1) is 22.6 Å². The summed E-state index contributed by atoms with van der Waals surface area (Å²) in [6.45, 7) is 0.521. The molecule has 0 radical (unpaired) electrons. The predicted molar refractivity (Wildman–Crippen MR) is 71.6 cm³/mol. The van der Waals surface area contributed by atoms with Crippen LogP contribution in [0.25, 0.3) is 0 Å². The van der Waals surface area contributed by atoms with Crippen molar-refractivity contribution in [2.24, 2.45) is 7.05 Å². The largest absolute Gasteiger partial charge is 0.313 e. The van der Waals surface area contributed by atoms with Gasteiger partial charge in [-0.25, -0.2) is 0 Å². The van der Waals surface area contributed by atoms with Gasteiger partial charge in [-0.05, 0) is 19.9 Å². The summed E-state index contributed by atoms with van der Waals surface area (Å²) in [5.41, 5.74) is 0. The highest BCUT2D eigenvalue weighted by molar-refractivity contribution is 7.99. The summed E-state index contributed by atoms with van der Waals surface area (Å²) in [4.78, 5) is 0. The molecular weight excluding hydrogens is 263 g/mol. The van der Waals surface area contributed by atoms with E-state index in [0.29, 0.717) is 6.42 Å². The van der Waals surface area contributed by atoms with Crippen molar-refractivity contribution >= 4 is 24.2 Å². The summed E-state index contributed by atoms with van der Waals surface area (Å²) in [5, 5.41) is 12.2. The maximum absolute atomic E-state index is 11.9. The summed E-state index contributed by atoms with van der Waals surface area (Å²) < 4.78 is 13.9. The van der Waals surface area contributed by atoms with Crippen molar-refractivity contribution in [3.05, 3.63) is 5.82 Å². The highest BCUT2D eigenvalue weighted by Crippen LogP contribution is 2.17. The molecule has 1 aromatic rings. The topological polar surface area (TPSA) is 42.7 Å². The SMILES string of the molecule is CNCc1nnc(SCCCCCF)n1C.Cl. The van der Waals surface area contributed by atoms with Gasteiger partial charge in [-0.2, -0.15) is 0 Å². The number of hydrogen-bond acceptors (Lipinski definition) is 4. The second-order valence-corrected chi connectivity index (χ2v) is 4.65. The Morgan fingerprint density at radius 3 is 2.71 bits per heavy atom. The van der Waals surface area contributed by atoms with Gasteiger partial charge in [0.05, 0.1) is 13.2 Å². The van der Waals surface area contributed by atoms with Gasteiger partial charge < -0.3 is 9.88 Å². The third-order valence-corrected chi connectivity index (χ3v) is 3.38. The van der Waals surface area contributed by atoms with E-state index >= 15 is 0 Å². The predicted octanol–water partition coefficient (Wildman–Crippen LogP) is 2.19. The van der Waals surface area contributed by atoms with E-state index < -0.39 is 0 Å². The molecule has 0 amide bonds. The molecule has 0 fully saturated rings. The minimum atomic E-state index is -0.207. The molecule has 0 saturated heterocycles. The van der Waals surface area contributed by atoms with Crippen molar-refractivity contribution < 1.29 is 4.39 Å². The highest BCUT2D eigenvalue weighted by Gasteiger charge is 2.07. The van der Waals surface area contributed by atoms with Crippen LogP contribution in [0.4, 0.5) is 4.39 Å². The quantitative estimate of drug-likeness (QED) is 0.586. The molecule has 7 heteroatoms. The standard InChI is InChI=1S/C10H19FN4S.ClH/c1-12-8-9-13-14-10(15(9)2)16-7-5-3-4-6-11;/h12H,3-8H2,1-2H3;1H. The summed E-state index contributed by atoms with van der Waals surface area (Å²) >= 11 is 1.68. The van der Waals surface area contributed by atoms with Crippen LogP contribution < -0.4 is 5.32 Å². The molecular formula is C10H20ClFN4S. The Bertz CT molecular complexity index is 308. The molecule has 1 heterocycles. The summed E-state index contributed by atoms with van der Waals surface area (Å²) in [5.74, 6) is 1.92. The van der Waals surface area contributed by atoms with Gasteiger partial charge in [0.15, 0.2) is 5.16 Å². The van der Waals surface area contributed by atoms with E-state index in [9.17, 15) is 4.39 Å². The Hall–Kier alpha value is -0.330. The average molecular weight is 283 g/mol. The van der Waals surface area contributed by atoms with Crippen molar-refractivity contribution in [1.82, 2.24) is 20.1 Å². The Morgan fingerprint density at radius 2 is 2.06 bits per heavy atom. The van der Waals surface area contributed by atoms with Gasteiger partial charge in [0, 0.05) is 12.8 Å². The maximum Gasteiger partial charge on any atom is 0.190 e. The van der Waals surface area contributed by atoms with Crippen LogP contribution >= 0.6 is 24.2 Å². The molecule has 0 saturated carbocycles. The molecule has 0 aliphatic carbocycles. The molecule has 0 aliphatic rings. The van der Waals surface area contributed by atoms with Gasteiger partial charge in [0.2, 0.25) is 0 Å². The number of hydrogen-bond donors (Lipinski definition) is 1. The van der Waals surface area contributed by atoms with E-state index in [-0.39, 0.29) is 19.1 Å². The van der Waals surface area contributed by atoms with Gasteiger partial charge in [-0.1, -0.05) is 18.2 Å². The first-order chi connectivity index (χ1) is 7.79. The minimum absolute atomic E-state index is 0. The first-order valence-corrected chi connectivity index (χ1v) is 6.49. The summed E-state index contributed by atoms with van der Waals surface area (Å²) in [7, 11) is 3.86. The molecule has 1 rings (SSSR count). The average Bonchev–Trinajstić information content (AvgIpc) is 2.62. The van der Waals surface area contributed by atoms with Crippen molar-refractivity contribution in [2.75, 3.05) is 19.5 Å². The maximum atomic E-state index is 11.9. The minimum Gasteiger partial charge on any atom is -0.313 e. The van der Waals surface area contributed by atoms with Crippen LogP contribution in [0.5, 0.6) is 0 Å². The molecule has 0 atom stereocenters. The lowest BCUT2D eigenvalue weighted by molar-refractivity contribution is 0.460. The number of alkyl halides is 1. The van der Waals surface area contributed by atoms with Crippen molar-refractivity contribution in [2.45, 2.75) is 31.0 Å². The molecule has 0 spiro atoms. The third-order valence-electron chi connectivity index (χ3n) is 2.27. The summed E-state index contributed by atoms with van der Waals surface area (Å²) in [6.07, 6.45) is 2.65. The number of thioether (sulfide) groups is 1. The van der Waals surface area contributed by atoms with Crippen molar-refractivity contribution in [3.63, 3.8) is 0 Å². The van der Waals surface area contributed by atoms with Crippen LogP contribution in [0, 0.1) is 0 Å². The molecule has 17 heavy (non-hydrogen) atoms. The first kappa shape index (κ1) is 16.7. The van der Waals surface area contributed by atoms with E-state index in [2.05, 4.69) is 15.5 Å². The fraction of sp³-hybridized carbons (Fsp3) is 0.800. The van der Waals surface area contributed by atoms with Gasteiger partial charge in [0.1, 0.15) is 5.82 Å². The second kappa shape index (κ2) is 9.67. The molecule has 0 bridgehead atoms. The summed E-state index contributed by atoms with van der Waals surface area (Å²) in [6, 6.07) is 0. The van der Waals surface area contributed by atoms with E-state index in [1.807, 2.05) is 18.7 Å². The smallest absolute Gasteiger partial charge is 0.190 e. The number of unbranched alkanes of at least 4 members (excludes halogenated alkanes) is 2. The molecule has 0 aliphatic heterocycles. The lowest BCUT2D eigenvalue weighted by Crippen LogP contribution is -2.10. The van der Waals surface area contributed by atoms with Crippen LogP contribution in [-0.2, 0) is 13.6 Å². The Labute approximate surface area is 112 Å². The van der Waals surface area contributed by atoms with E-state index in [1.165, 1.54) is 0 Å². The third kappa shape index (κ3) is 5.70. The number of nitrogens with one attached hydrogen (secondary N) is 1. The highest BCUT2D eigenvalue weighted by atomic mass is 35.5. The number of rotatable bonds is 8. The van der Waals surface area contributed by atoms with Gasteiger partial charge in [0.25, 0.3) is 0 Å². The molecule has 1 N–H and O–H groups in total. The first-order valence-electron chi connectivity index (χ1n) is 5.51. The zero-order valence-electron chi connectivity index (χ0n) is 10.3. The zero-order chi connectivity index (χ0) is 11.8. The molecule has 0 aromatic carbocycles. The normalized spacial score (nSPS) is 10.3. The van der Waals surface area contributed by atoms with Crippen LogP contribution in [-0.4, -0.2) is 34.2 Å². The number of aromatic nitrogens is 3. The fourth-order valence-electron chi connectivity index (χ4n) is 1.32. The van der Waals surface area contributed by atoms with E-state index in [1.54, 1.807) is 11.8 Å². The monoisotopic (exact) mass is 282 g/mol. The second-order valence-electron chi connectivity index (χ2n) is 3.59. The Morgan fingerprint density at radius 1 is 1.29 bits per heavy atom. The fourth-order valence-corrected chi connectivity index (χ4v) is 2.25. The van der Waals surface area contributed by atoms with Crippen LogP contribution in [0.15, 0.2) is 5.16 Å². The van der Waals surface area contributed by atoms with Crippen molar-refractivity contribution in [1.29, 1.82) is 0 Å².